The Morgan fingerprint density at radius 1 is 0.952 bits per heavy atom. The average Bonchev–Trinajstić information content (AvgIpc) is 2.55. The van der Waals surface area contributed by atoms with Crippen molar-refractivity contribution < 1.29 is 9.47 Å². The lowest BCUT2D eigenvalue weighted by Gasteiger charge is -2.09. The fraction of sp³-hybridized carbons (Fsp3) is 0.353. The van der Waals surface area contributed by atoms with Crippen molar-refractivity contribution in [1.29, 1.82) is 0 Å². The SMILES string of the molecule is CCCOc1ccc(OCCNCc2ccccn2)cc1. The average molecular weight is 286 g/mol. The van der Waals surface area contributed by atoms with Gasteiger partial charge in [0.1, 0.15) is 18.1 Å². The first-order valence-corrected chi connectivity index (χ1v) is 7.35. The standard InChI is InChI=1S/C17H22N2O2/c1-2-12-20-16-6-8-17(9-7-16)21-13-11-18-14-15-5-3-4-10-19-15/h3-10,18H,2,11-14H2,1H3. The van der Waals surface area contributed by atoms with Crippen molar-refractivity contribution in [2.24, 2.45) is 0 Å². The molecule has 1 aromatic heterocycles. The summed E-state index contributed by atoms with van der Waals surface area (Å²) in [4.78, 5) is 4.25. The van der Waals surface area contributed by atoms with Crippen LogP contribution in [0.2, 0.25) is 0 Å². The van der Waals surface area contributed by atoms with Crippen LogP contribution in [0.15, 0.2) is 48.7 Å². The minimum atomic E-state index is 0.627. The van der Waals surface area contributed by atoms with E-state index in [1.807, 2.05) is 42.5 Å². The molecule has 0 saturated carbocycles. The molecule has 0 unspecified atom stereocenters. The first-order valence-electron chi connectivity index (χ1n) is 7.35. The van der Waals surface area contributed by atoms with Crippen molar-refractivity contribution in [1.82, 2.24) is 10.3 Å². The summed E-state index contributed by atoms with van der Waals surface area (Å²) >= 11 is 0. The van der Waals surface area contributed by atoms with Crippen molar-refractivity contribution in [3.63, 3.8) is 0 Å². The van der Waals surface area contributed by atoms with E-state index in [2.05, 4.69) is 17.2 Å². The fourth-order valence-electron chi connectivity index (χ4n) is 1.81. The Morgan fingerprint density at radius 2 is 1.67 bits per heavy atom. The summed E-state index contributed by atoms with van der Waals surface area (Å²) in [5.74, 6) is 1.75. The third-order valence-corrected chi connectivity index (χ3v) is 2.88. The van der Waals surface area contributed by atoms with Crippen molar-refractivity contribution in [2.75, 3.05) is 19.8 Å². The summed E-state index contributed by atoms with van der Waals surface area (Å²) in [6.07, 6.45) is 2.82. The van der Waals surface area contributed by atoms with Gasteiger partial charge in [0.2, 0.25) is 0 Å². The van der Waals surface area contributed by atoms with Crippen LogP contribution >= 0.6 is 0 Å². The molecule has 0 spiro atoms. The van der Waals surface area contributed by atoms with Crippen molar-refractivity contribution >= 4 is 0 Å². The van der Waals surface area contributed by atoms with Crippen LogP contribution in [0.25, 0.3) is 0 Å². The summed E-state index contributed by atoms with van der Waals surface area (Å²) in [5, 5.41) is 3.30. The number of aromatic nitrogens is 1. The topological polar surface area (TPSA) is 43.4 Å². The molecule has 2 rings (SSSR count). The smallest absolute Gasteiger partial charge is 0.119 e. The van der Waals surface area contributed by atoms with Crippen LogP contribution in [-0.4, -0.2) is 24.7 Å². The largest absolute Gasteiger partial charge is 0.494 e. The van der Waals surface area contributed by atoms with Crippen LogP contribution in [0.5, 0.6) is 11.5 Å². The van der Waals surface area contributed by atoms with Gasteiger partial charge in [0, 0.05) is 19.3 Å². The lowest BCUT2D eigenvalue weighted by Crippen LogP contribution is -2.21. The molecule has 0 atom stereocenters. The Labute approximate surface area is 126 Å². The maximum Gasteiger partial charge on any atom is 0.119 e. The zero-order valence-corrected chi connectivity index (χ0v) is 12.4. The lowest BCUT2D eigenvalue weighted by molar-refractivity contribution is 0.306. The molecule has 0 aliphatic heterocycles. The van der Waals surface area contributed by atoms with E-state index >= 15 is 0 Å². The summed E-state index contributed by atoms with van der Waals surface area (Å²) in [5.41, 5.74) is 1.04. The normalized spacial score (nSPS) is 10.3. The third-order valence-electron chi connectivity index (χ3n) is 2.88. The summed E-state index contributed by atoms with van der Waals surface area (Å²) < 4.78 is 11.2. The molecule has 1 aromatic carbocycles. The molecular weight excluding hydrogens is 264 g/mol. The molecule has 0 amide bonds. The van der Waals surface area contributed by atoms with E-state index in [9.17, 15) is 0 Å². The number of nitrogens with zero attached hydrogens (tertiary/aromatic N) is 1. The van der Waals surface area contributed by atoms with E-state index in [0.717, 1.165) is 43.3 Å². The van der Waals surface area contributed by atoms with Crippen LogP contribution in [0.3, 0.4) is 0 Å². The van der Waals surface area contributed by atoms with Crippen molar-refractivity contribution in [3.05, 3.63) is 54.4 Å². The number of benzene rings is 1. The highest BCUT2D eigenvalue weighted by molar-refractivity contribution is 5.31. The molecule has 4 heteroatoms. The van der Waals surface area contributed by atoms with Gasteiger partial charge in [0.05, 0.1) is 12.3 Å². The highest BCUT2D eigenvalue weighted by atomic mass is 16.5. The van der Waals surface area contributed by atoms with Crippen molar-refractivity contribution in [2.45, 2.75) is 19.9 Å². The molecule has 0 aliphatic carbocycles. The van der Waals surface area contributed by atoms with E-state index in [0.29, 0.717) is 6.61 Å². The van der Waals surface area contributed by atoms with Crippen molar-refractivity contribution in [3.8, 4) is 11.5 Å². The molecule has 0 radical (unpaired) electrons. The second-order valence-electron chi connectivity index (χ2n) is 4.67. The van der Waals surface area contributed by atoms with Gasteiger partial charge >= 0.3 is 0 Å². The van der Waals surface area contributed by atoms with Crippen LogP contribution in [0.4, 0.5) is 0 Å². The Bertz CT molecular complexity index is 500. The Kier molecular flexibility index (Phi) is 6.55. The maximum absolute atomic E-state index is 5.66. The molecule has 0 saturated heterocycles. The zero-order valence-electron chi connectivity index (χ0n) is 12.4. The van der Waals surface area contributed by atoms with E-state index < -0.39 is 0 Å². The molecule has 1 heterocycles. The molecule has 112 valence electrons. The molecule has 1 N–H and O–H groups in total. The second kappa shape index (κ2) is 8.97. The highest BCUT2D eigenvalue weighted by Crippen LogP contribution is 2.17. The quantitative estimate of drug-likeness (QED) is 0.720. The number of rotatable bonds is 9. The lowest BCUT2D eigenvalue weighted by atomic mass is 10.3. The van der Waals surface area contributed by atoms with Gasteiger partial charge in [-0.3, -0.25) is 4.98 Å². The summed E-state index contributed by atoms with van der Waals surface area (Å²) in [7, 11) is 0. The van der Waals surface area contributed by atoms with E-state index in [-0.39, 0.29) is 0 Å². The van der Waals surface area contributed by atoms with Gasteiger partial charge in [-0.05, 0) is 42.8 Å². The molecule has 21 heavy (non-hydrogen) atoms. The van der Waals surface area contributed by atoms with Crippen LogP contribution in [-0.2, 0) is 6.54 Å². The monoisotopic (exact) mass is 286 g/mol. The Hall–Kier alpha value is -2.07. The molecular formula is C17H22N2O2. The second-order valence-corrected chi connectivity index (χ2v) is 4.67. The molecule has 4 nitrogen and oxygen atoms in total. The number of hydrogen-bond acceptors (Lipinski definition) is 4. The predicted molar refractivity (Wildman–Crippen MR) is 83.7 cm³/mol. The van der Waals surface area contributed by atoms with Crippen LogP contribution < -0.4 is 14.8 Å². The number of ether oxygens (including phenoxy) is 2. The van der Waals surface area contributed by atoms with Gasteiger partial charge in [-0.1, -0.05) is 13.0 Å². The maximum atomic E-state index is 5.66. The minimum Gasteiger partial charge on any atom is -0.494 e. The van der Waals surface area contributed by atoms with Gasteiger partial charge in [-0.15, -0.1) is 0 Å². The predicted octanol–water partition coefficient (Wildman–Crippen LogP) is 3.04. The van der Waals surface area contributed by atoms with E-state index in [1.54, 1.807) is 6.20 Å². The number of hydrogen-bond donors (Lipinski definition) is 1. The molecule has 2 aromatic rings. The van der Waals surface area contributed by atoms with E-state index in [1.165, 1.54) is 0 Å². The van der Waals surface area contributed by atoms with Gasteiger partial charge in [-0.25, -0.2) is 0 Å². The van der Waals surface area contributed by atoms with E-state index in [4.69, 9.17) is 9.47 Å². The number of nitrogens with one attached hydrogen (secondary N) is 1. The van der Waals surface area contributed by atoms with Gasteiger partial charge in [0.15, 0.2) is 0 Å². The fourth-order valence-corrected chi connectivity index (χ4v) is 1.81. The summed E-state index contributed by atoms with van der Waals surface area (Å²) in [6, 6.07) is 13.7. The Morgan fingerprint density at radius 3 is 2.29 bits per heavy atom. The van der Waals surface area contributed by atoms with Gasteiger partial charge in [-0.2, -0.15) is 0 Å². The third kappa shape index (κ3) is 5.83. The first kappa shape index (κ1) is 15.3. The number of pyridine rings is 1. The van der Waals surface area contributed by atoms with Gasteiger partial charge < -0.3 is 14.8 Å². The molecule has 0 aliphatic rings. The molecule has 0 bridgehead atoms. The summed E-state index contributed by atoms with van der Waals surface area (Å²) in [6.45, 7) is 5.01. The van der Waals surface area contributed by atoms with Crippen LogP contribution in [0.1, 0.15) is 19.0 Å². The zero-order chi connectivity index (χ0) is 14.8. The van der Waals surface area contributed by atoms with Crippen LogP contribution in [0, 0.1) is 0 Å². The molecule has 0 fully saturated rings. The Balaban J connectivity index is 1.62. The minimum absolute atomic E-state index is 0.627. The first-order chi connectivity index (χ1) is 10.4. The van der Waals surface area contributed by atoms with Gasteiger partial charge in [0.25, 0.3) is 0 Å². The highest BCUT2D eigenvalue weighted by Gasteiger charge is 1.97.